The van der Waals surface area contributed by atoms with Crippen molar-refractivity contribution in [3.05, 3.63) is 34.6 Å². The van der Waals surface area contributed by atoms with E-state index in [1.165, 1.54) is 18.2 Å². The molecule has 1 amide bonds. The molecule has 1 aromatic rings. The van der Waals surface area contributed by atoms with Gasteiger partial charge in [-0.3, -0.25) is 4.79 Å². The minimum Gasteiger partial charge on any atom is -0.368 e. The molecule has 0 aliphatic rings. The van der Waals surface area contributed by atoms with Gasteiger partial charge in [-0.1, -0.05) is 17.7 Å². The summed E-state index contributed by atoms with van der Waals surface area (Å²) in [6.07, 6.45) is 0. The predicted octanol–water partition coefficient (Wildman–Crippen LogP) is 1.16. The summed E-state index contributed by atoms with van der Waals surface area (Å²) < 4.78 is 13.0. The number of primary amides is 1. The molecular weight excluding hydrogens is 257 g/mol. The molecule has 1 rings (SSSR count). The minimum atomic E-state index is -0.664. The molecule has 0 saturated heterocycles. The van der Waals surface area contributed by atoms with Crippen LogP contribution < -0.4 is 11.1 Å². The number of likely N-dealkylation sites (N-methyl/N-ethyl adjacent to an activating group) is 1. The van der Waals surface area contributed by atoms with Crippen molar-refractivity contribution in [1.29, 1.82) is 0 Å². The van der Waals surface area contributed by atoms with Crippen molar-refractivity contribution in [2.24, 2.45) is 5.73 Å². The molecule has 0 spiro atoms. The van der Waals surface area contributed by atoms with Crippen LogP contribution in [0.5, 0.6) is 0 Å². The van der Waals surface area contributed by atoms with Crippen molar-refractivity contribution < 1.29 is 9.18 Å². The van der Waals surface area contributed by atoms with Gasteiger partial charge < -0.3 is 16.0 Å². The summed E-state index contributed by atoms with van der Waals surface area (Å²) in [5.74, 6) is -1.03. The lowest BCUT2D eigenvalue weighted by Gasteiger charge is -2.18. The maximum Gasteiger partial charge on any atom is 0.239 e. The maximum atomic E-state index is 13.0. The lowest BCUT2D eigenvalue weighted by Crippen LogP contribution is -2.37. The molecule has 4 nitrogen and oxygen atoms in total. The van der Waals surface area contributed by atoms with Gasteiger partial charge in [-0.25, -0.2) is 4.39 Å². The summed E-state index contributed by atoms with van der Waals surface area (Å²) in [5.41, 5.74) is 5.88. The summed E-state index contributed by atoms with van der Waals surface area (Å²) in [4.78, 5) is 13.4. The van der Waals surface area contributed by atoms with Gasteiger partial charge in [0, 0.05) is 13.1 Å². The second-order valence-electron chi connectivity index (χ2n) is 4.27. The molecule has 18 heavy (non-hydrogen) atoms. The molecule has 0 saturated carbocycles. The summed E-state index contributed by atoms with van der Waals surface area (Å²) >= 11 is 5.68. The largest absolute Gasteiger partial charge is 0.368 e. The zero-order valence-electron chi connectivity index (χ0n) is 10.4. The molecule has 0 heterocycles. The van der Waals surface area contributed by atoms with E-state index in [4.69, 9.17) is 17.3 Å². The first-order valence-corrected chi connectivity index (χ1v) is 5.92. The van der Waals surface area contributed by atoms with Crippen LogP contribution in [-0.2, 0) is 4.79 Å². The fraction of sp³-hybridized carbons (Fsp3) is 0.417. The van der Waals surface area contributed by atoms with Crippen LogP contribution in [0.15, 0.2) is 18.2 Å². The molecule has 0 aliphatic carbocycles. The Balaban J connectivity index is 2.78. The van der Waals surface area contributed by atoms with E-state index < -0.39 is 17.8 Å². The molecule has 6 heteroatoms. The number of rotatable bonds is 6. The van der Waals surface area contributed by atoms with Gasteiger partial charge in [0.05, 0.1) is 5.02 Å². The summed E-state index contributed by atoms with van der Waals surface area (Å²) in [5, 5.41) is 3.00. The fourth-order valence-corrected chi connectivity index (χ4v) is 1.70. The van der Waals surface area contributed by atoms with Gasteiger partial charge in [-0.05, 0) is 31.8 Å². The normalized spacial score (nSPS) is 12.7. The zero-order chi connectivity index (χ0) is 13.7. The number of benzene rings is 1. The summed E-state index contributed by atoms with van der Waals surface area (Å²) in [6, 6.07) is 3.47. The number of amides is 1. The van der Waals surface area contributed by atoms with Gasteiger partial charge >= 0.3 is 0 Å². The van der Waals surface area contributed by atoms with Crippen LogP contribution >= 0.6 is 11.6 Å². The van der Waals surface area contributed by atoms with Crippen molar-refractivity contribution in [3.63, 3.8) is 0 Å². The number of nitrogens with two attached hydrogens (primary N) is 1. The standard InChI is InChI=1S/C12H17ClFN3O/c1-17(2)6-5-16-11(12(15)18)8-3-4-10(14)9(13)7-8/h3-4,7,11,16H,5-6H2,1-2H3,(H2,15,18). The van der Waals surface area contributed by atoms with Crippen LogP contribution in [0.4, 0.5) is 4.39 Å². The topological polar surface area (TPSA) is 58.4 Å². The van der Waals surface area contributed by atoms with Gasteiger partial charge in [0.15, 0.2) is 0 Å². The van der Waals surface area contributed by atoms with E-state index in [-0.39, 0.29) is 5.02 Å². The molecule has 0 bridgehead atoms. The Morgan fingerprint density at radius 3 is 2.72 bits per heavy atom. The molecule has 1 atom stereocenters. The molecule has 1 aromatic carbocycles. The number of nitrogens with zero attached hydrogens (tertiary/aromatic N) is 1. The number of halogens is 2. The van der Waals surface area contributed by atoms with E-state index in [0.29, 0.717) is 12.1 Å². The van der Waals surface area contributed by atoms with Crippen molar-refractivity contribution in [3.8, 4) is 0 Å². The lowest BCUT2D eigenvalue weighted by atomic mass is 10.1. The van der Waals surface area contributed by atoms with Gasteiger partial charge in [0.1, 0.15) is 11.9 Å². The third-order valence-corrected chi connectivity index (χ3v) is 2.76. The van der Waals surface area contributed by atoms with Crippen LogP contribution in [0.2, 0.25) is 5.02 Å². The number of carbonyl (C=O) groups is 1. The third kappa shape index (κ3) is 4.25. The minimum absolute atomic E-state index is 0.0202. The van der Waals surface area contributed by atoms with Crippen molar-refractivity contribution >= 4 is 17.5 Å². The van der Waals surface area contributed by atoms with Crippen LogP contribution in [-0.4, -0.2) is 38.0 Å². The maximum absolute atomic E-state index is 13.0. The van der Waals surface area contributed by atoms with Gasteiger partial charge in [-0.15, -0.1) is 0 Å². The second kappa shape index (κ2) is 6.68. The van der Waals surface area contributed by atoms with E-state index in [0.717, 1.165) is 6.54 Å². The Morgan fingerprint density at radius 2 is 2.22 bits per heavy atom. The third-order valence-electron chi connectivity index (χ3n) is 2.47. The van der Waals surface area contributed by atoms with Gasteiger partial charge in [0.2, 0.25) is 5.91 Å². The molecule has 100 valence electrons. The van der Waals surface area contributed by atoms with E-state index in [1.807, 2.05) is 19.0 Å². The highest BCUT2D eigenvalue weighted by molar-refractivity contribution is 6.30. The van der Waals surface area contributed by atoms with Crippen molar-refractivity contribution in [1.82, 2.24) is 10.2 Å². The number of hydrogen-bond acceptors (Lipinski definition) is 3. The van der Waals surface area contributed by atoms with Crippen molar-refractivity contribution in [2.75, 3.05) is 27.2 Å². The van der Waals surface area contributed by atoms with E-state index in [2.05, 4.69) is 5.32 Å². The Labute approximate surface area is 111 Å². The fourth-order valence-electron chi connectivity index (χ4n) is 1.51. The first-order valence-electron chi connectivity index (χ1n) is 5.54. The van der Waals surface area contributed by atoms with Crippen molar-refractivity contribution in [2.45, 2.75) is 6.04 Å². The highest BCUT2D eigenvalue weighted by Gasteiger charge is 2.18. The first-order chi connectivity index (χ1) is 8.41. The molecule has 3 N–H and O–H groups in total. The Morgan fingerprint density at radius 1 is 1.56 bits per heavy atom. The van der Waals surface area contributed by atoms with E-state index in [9.17, 15) is 9.18 Å². The Kier molecular flexibility index (Phi) is 5.53. The van der Waals surface area contributed by atoms with E-state index >= 15 is 0 Å². The van der Waals surface area contributed by atoms with Crippen LogP contribution in [0.3, 0.4) is 0 Å². The second-order valence-corrected chi connectivity index (χ2v) is 4.67. The molecule has 0 aliphatic heterocycles. The Hall–Kier alpha value is -1.17. The van der Waals surface area contributed by atoms with Crippen LogP contribution in [0, 0.1) is 5.82 Å². The zero-order valence-corrected chi connectivity index (χ0v) is 11.2. The quantitative estimate of drug-likeness (QED) is 0.818. The Bertz CT molecular complexity index is 426. The van der Waals surface area contributed by atoms with E-state index in [1.54, 1.807) is 0 Å². The number of hydrogen-bond donors (Lipinski definition) is 2. The van der Waals surface area contributed by atoms with Gasteiger partial charge in [-0.2, -0.15) is 0 Å². The SMILES string of the molecule is CN(C)CCNC(C(N)=O)c1ccc(F)c(Cl)c1. The van der Waals surface area contributed by atoms with Crippen LogP contribution in [0.25, 0.3) is 0 Å². The molecule has 0 radical (unpaired) electrons. The summed E-state index contributed by atoms with van der Waals surface area (Å²) in [7, 11) is 3.85. The lowest BCUT2D eigenvalue weighted by molar-refractivity contribution is -0.120. The monoisotopic (exact) mass is 273 g/mol. The first kappa shape index (κ1) is 14.9. The van der Waals surface area contributed by atoms with Crippen LogP contribution in [0.1, 0.15) is 11.6 Å². The molecule has 0 aromatic heterocycles. The average Bonchev–Trinajstić information content (AvgIpc) is 2.27. The molecular formula is C12H17ClFN3O. The number of carbonyl (C=O) groups excluding carboxylic acids is 1. The summed E-state index contributed by atoms with van der Waals surface area (Å²) in [6.45, 7) is 1.36. The smallest absolute Gasteiger partial charge is 0.239 e. The highest BCUT2D eigenvalue weighted by Crippen LogP contribution is 2.20. The molecule has 1 unspecified atom stereocenters. The molecule has 0 fully saturated rings. The average molecular weight is 274 g/mol. The number of nitrogens with one attached hydrogen (secondary N) is 1. The predicted molar refractivity (Wildman–Crippen MR) is 69.9 cm³/mol. The highest BCUT2D eigenvalue weighted by atomic mass is 35.5. The van der Waals surface area contributed by atoms with Gasteiger partial charge in [0.25, 0.3) is 0 Å².